The molecule has 0 radical (unpaired) electrons. The van der Waals surface area contributed by atoms with E-state index in [4.69, 9.17) is 4.74 Å². The number of fused-ring (bicyclic) bond motifs is 1. The van der Waals surface area contributed by atoms with Gasteiger partial charge in [-0.3, -0.25) is 19.4 Å². The first-order valence-electron chi connectivity index (χ1n) is 9.11. The quantitative estimate of drug-likeness (QED) is 0.807. The van der Waals surface area contributed by atoms with E-state index >= 15 is 0 Å². The first-order chi connectivity index (χ1) is 12.7. The number of amides is 1. The van der Waals surface area contributed by atoms with Gasteiger partial charge >= 0.3 is 0 Å². The van der Waals surface area contributed by atoms with Gasteiger partial charge in [0.05, 0.1) is 37.3 Å². The van der Waals surface area contributed by atoms with Crippen LogP contribution in [0.5, 0.6) is 0 Å². The van der Waals surface area contributed by atoms with Crippen LogP contribution in [-0.4, -0.2) is 74.3 Å². The van der Waals surface area contributed by atoms with E-state index in [1.807, 2.05) is 22.6 Å². The van der Waals surface area contributed by atoms with Crippen molar-refractivity contribution >= 4 is 5.91 Å². The van der Waals surface area contributed by atoms with Gasteiger partial charge in [-0.1, -0.05) is 0 Å². The van der Waals surface area contributed by atoms with Crippen molar-refractivity contribution < 1.29 is 9.53 Å². The fraction of sp³-hybridized carbons (Fsp3) is 0.556. The van der Waals surface area contributed by atoms with Crippen LogP contribution in [0.15, 0.2) is 24.7 Å². The number of nitrogens with zero attached hydrogens (tertiary/aromatic N) is 6. The lowest BCUT2D eigenvalue weighted by molar-refractivity contribution is 0.0201. The Bertz CT molecular complexity index is 753. The Kier molecular flexibility index (Phi) is 4.94. The molecule has 0 bridgehead atoms. The zero-order chi connectivity index (χ0) is 17.9. The Balaban J connectivity index is 1.58. The average Bonchev–Trinajstić information content (AvgIpc) is 3.04. The summed E-state index contributed by atoms with van der Waals surface area (Å²) in [5.41, 5.74) is 2.26. The third kappa shape index (κ3) is 3.61. The SMILES string of the molecule is Cc1cnc(C(=O)N2Cc3ccnn3CCC2CN2CCOCC2)cn1. The molecule has 0 spiro atoms. The van der Waals surface area contributed by atoms with Crippen molar-refractivity contribution in [1.82, 2.24) is 29.5 Å². The van der Waals surface area contributed by atoms with Gasteiger partial charge in [0.15, 0.2) is 0 Å². The van der Waals surface area contributed by atoms with Crippen molar-refractivity contribution in [3.63, 3.8) is 0 Å². The second-order valence-electron chi connectivity index (χ2n) is 6.88. The lowest BCUT2D eigenvalue weighted by Crippen LogP contribution is -2.49. The predicted molar refractivity (Wildman–Crippen MR) is 94.5 cm³/mol. The highest BCUT2D eigenvalue weighted by Crippen LogP contribution is 2.20. The van der Waals surface area contributed by atoms with Crippen LogP contribution in [0.25, 0.3) is 0 Å². The summed E-state index contributed by atoms with van der Waals surface area (Å²) in [4.78, 5) is 26.1. The molecule has 8 nitrogen and oxygen atoms in total. The molecule has 4 heterocycles. The second-order valence-corrected chi connectivity index (χ2v) is 6.88. The molecule has 2 aromatic heterocycles. The first-order valence-corrected chi connectivity index (χ1v) is 9.11. The number of aryl methyl sites for hydroxylation is 2. The minimum atomic E-state index is -0.0644. The summed E-state index contributed by atoms with van der Waals surface area (Å²) in [5.74, 6) is -0.0644. The summed E-state index contributed by atoms with van der Waals surface area (Å²) < 4.78 is 7.45. The third-order valence-electron chi connectivity index (χ3n) is 5.09. The molecule has 0 saturated carbocycles. The molecule has 0 aromatic carbocycles. The van der Waals surface area contributed by atoms with Crippen LogP contribution in [0.1, 0.15) is 28.3 Å². The summed E-state index contributed by atoms with van der Waals surface area (Å²) in [7, 11) is 0. The molecule has 1 amide bonds. The van der Waals surface area contributed by atoms with E-state index in [1.165, 1.54) is 0 Å². The molecule has 8 heteroatoms. The van der Waals surface area contributed by atoms with Gasteiger partial charge in [-0.25, -0.2) is 4.98 Å². The van der Waals surface area contributed by atoms with Gasteiger partial charge in [0.1, 0.15) is 5.69 Å². The molecule has 2 aliphatic heterocycles. The van der Waals surface area contributed by atoms with Crippen LogP contribution >= 0.6 is 0 Å². The molecule has 4 rings (SSSR count). The maximum atomic E-state index is 13.2. The average molecular weight is 356 g/mol. The highest BCUT2D eigenvalue weighted by molar-refractivity contribution is 5.92. The van der Waals surface area contributed by atoms with E-state index in [9.17, 15) is 4.79 Å². The number of hydrogen-bond donors (Lipinski definition) is 0. The van der Waals surface area contributed by atoms with Crippen LogP contribution in [0, 0.1) is 6.92 Å². The molecule has 26 heavy (non-hydrogen) atoms. The number of aromatic nitrogens is 4. The van der Waals surface area contributed by atoms with Crippen LogP contribution in [0.2, 0.25) is 0 Å². The highest BCUT2D eigenvalue weighted by atomic mass is 16.5. The van der Waals surface area contributed by atoms with Crippen molar-refractivity contribution in [3.8, 4) is 0 Å². The van der Waals surface area contributed by atoms with Gasteiger partial charge in [0.2, 0.25) is 0 Å². The molecule has 1 saturated heterocycles. The molecule has 1 unspecified atom stereocenters. The summed E-state index contributed by atoms with van der Waals surface area (Å²) >= 11 is 0. The number of rotatable bonds is 3. The Morgan fingerprint density at radius 2 is 2.08 bits per heavy atom. The van der Waals surface area contributed by atoms with Gasteiger partial charge in [0.25, 0.3) is 5.91 Å². The van der Waals surface area contributed by atoms with E-state index in [0.717, 1.165) is 57.2 Å². The van der Waals surface area contributed by atoms with Crippen LogP contribution in [0.3, 0.4) is 0 Å². The van der Waals surface area contributed by atoms with Crippen molar-refractivity contribution in [3.05, 3.63) is 41.7 Å². The number of hydrogen-bond acceptors (Lipinski definition) is 6. The maximum absolute atomic E-state index is 13.2. The number of carbonyl (C=O) groups is 1. The monoisotopic (exact) mass is 356 g/mol. The van der Waals surface area contributed by atoms with Crippen LogP contribution in [0.4, 0.5) is 0 Å². The van der Waals surface area contributed by atoms with Crippen molar-refractivity contribution in [2.24, 2.45) is 0 Å². The highest BCUT2D eigenvalue weighted by Gasteiger charge is 2.31. The van der Waals surface area contributed by atoms with Crippen molar-refractivity contribution in [1.29, 1.82) is 0 Å². The minimum absolute atomic E-state index is 0.0644. The minimum Gasteiger partial charge on any atom is -0.379 e. The second kappa shape index (κ2) is 7.51. The Morgan fingerprint density at radius 3 is 2.85 bits per heavy atom. The summed E-state index contributed by atoms with van der Waals surface area (Å²) in [5, 5.41) is 4.39. The zero-order valence-electron chi connectivity index (χ0n) is 15.0. The van der Waals surface area contributed by atoms with Crippen molar-refractivity contribution in [2.75, 3.05) is 32.8 Å². The fourth-order valence-electron chi connectivity index (χ4n) is 3.59. The maximum Gasteiger partial charge on any atom is 0.274 e. The van der Waals surface area contributed by atoms with Crippen LogP contribution in [-0.2, 0) is 17.8 Å². The lowest BCUT2D eigenvalue weighted by atomic mass is 10.1. The normalized spacial score (nSPS) is 21.3. The van der Waals surface area contributed by atoms with Gasteiger partial charge in [-0.15, -0.1) is 0 Å². The summed E-state index contributed by atoms with van der Waals surface area (Å²) in [6.45, 7) is 7.41. The molecule has 138 valence electrons. The first kappa shape index (κ1) is 17.1. The van der Waals surface area contributed by atoms with E-state index in [2.05, 4.69) is 20.0 Å². The number of carbonyl (C=O) groups excluding carboxylic acids is 1. The predicted octanol–water partition coefficient (Wildman–Crippen LogP) is 0.728. The number of ether oxygens (including phenoxy) is 1. The molecule has 2 aromatic rings. The molecule has 2 aliphatic rings. The van der Waals surface area contributed by atoms with E-state index in [-0.39, 0.29) is 11.9 Å². The standard InChI is InChI=1S/C18H24N6O2/c1-14-10-20-17(11-19-14)18(25)23-13-16-2-4-21-24(16)5-3-15(23)12-22-6-8-26-9-7-22/h2,4,10-11,15H,3,5-9,12-13H2,1H3. The smallest absolute Gasteiger partial charge is 0.274 e. The molecule has 1 fully saturated rings. The Hall–Kier alpha value is -2.32. The Morgan fingerprint density at radius 1 is 1.23 bits per heavy atom. The van der Waals surface area contributed by atoms with E-state index in [0.29, 0.717) is 12.2 Å². The van der Waals surface area contributed by atoms with Gasteiger partial charge in [-0.05, 0) is 19.4 Å². The molecular formula is C18H24N6O2. The van der Waals surface area contributed by atoms with Crippen molar-refractivity contribution in [2.45, 2.75) is 32.5 Å². The molecule has 1 atom stereocenters. The largest absolute Gasteiger partial charge is 0.379 e. The zero-order valence-corrected chi connectivity index (χ0v) is 15.0. The van der Waals surface area contributed by atoms with E-state index < -0.39 is 0 Å². The third-order valence-corrected chi connectivity index (χ3v) is 5.09. The van der Waals surface area contributed by atoms with E-state index in [1.54, 1.807) is 18.6 Å². The lowest BCUT2D eigenvalue weighted by Gasteiger charge is -2.35. The van der Waals surface area contributed by atoms with Crippen LogP contribution < -0.4 is 0 Å². The fourth-order valence-corrected chi connectivity index (χ4v) is 3.59. The van der Waals surface area contributed by atoms with Gasteiger partial charge in [0, 0.05) is 44.6 Å². The topological polar surface area (TPSA) is 76.4 Å². The summed E-state index contributed by atoms with van der Waals surface area (Å²) in [6.07, 6.45) is 5.89. The van der Waals surface area contributed by atoms with Gasteiger partial charge in [-0.2, -0.15) is 5.10 Å². The van der Waals surface area contributed by atoms with Gasteiger partial charge < -0.3 is 9.64 Å². The summed E-state index contributed by atoms with van der Waals surface area (Å²) in [6, 6.07) is 2.10. The molecule has 0 aliphatic carbocycles. The molecule has 0 N–H and O–H groups in total. The Labute approximate surface area is 152 Å². The number of morpholine rings is 1. The molecular weight excluding hydrogens is 332 g/mol.